The van der Waals surface area contributed by atoms with Crippen molar-refractivity contribution in [3.05, 3.63) is 0 Å². The molecule has 0 spiro atoms. The molecule has 0 fully saturated rings. The van der Waals surface area contributed by atoms with Crippen LogP contribution in [0.25, 0.3) is 0 Å². The molecule has 1 unspecified atom stereocenters. The van der Waals surface area contributed by atoms with Crippen molar-refractivity contribution in [2.75, 3.05) is 7.11 Å². The fraction of sp³-hybridized carbons (Fsp3) is 0.900. The van der Waals surface area contributed by atoms with Gasteiger partial charge in [0.25, 0.3) is 0 Å². The number of ketones is 1. The zero-order valence-corrected chi connectivity index (χ0v) is 8.59. The van der Waals surface area contributed by atoms with Gasteiger partial charge in [0.15, 0.2) is 0 Å². The van der Waals surface area contributed by atoms with Crippen molar-refractivity contribution >= 4 is 5.78 Å². The van der Waals surface area contributed by atoms with Crippen LogP contribution in [0, 0.1) is 5.92 Å². The van der Waals surface area contributed by atoms with Crippen LogP contribution in [0.5, 0.6) is 0 Å². The number of hydrogen-bond donors (Lipinski definition) is 0. The van der Waals surface area contributed by atoms with Crippen molar-refractivity contribution in [3.8, 4) is 0 Å². The Morgan fingerprint density at radius 3 is 2.17 bits per heavy atom. The van der Waals surface area contributed by atoms with Gasteiger partial charge in [-0.25, -0.2) is 0 Å². The van der Waals surface area contributed by atoms with Crippen LogP contribution < -0.4 is 0 Å². The van der Waals surface area contributed by atoms with E-state index in [9.17, 15) is 4.79 Å². The van der Waals surface area contributed by atoms with Gasteiger partial charge in [-0.3, -0.25) is 4.79 Å². The van der Waals surface area contributed by atoms with E-state index in [2.05, 4.69) is 13.8 Å². The summed E-state index contributed by atoms with van der Waals surface area (Å²) in [7, 11) is 1.64. The molecule has 0 radical (unpaired) electrons. The van der Waals surface area contributed by atoms with Crippen LogP contribution >= 0.6 is 0 Å². The monoisotopic (exact) mass is 172 g/mol. The van der Waals surface area contributed by atoms with Gasteiger partial charge in [-0.05, 0) is 19.8 Å². The summed E-state index contributed by atoms with van der Waals surface area (Å²) in [5.74, 6) is 0.581. The summed E-state index contributed by atoms with van der Waals surface area (Å²) < 4.78 is 5.04. The molecule has 0 aliphatic rings. The first-order chi connectivity index (χ1) is 5.65. The van der Waals surface area contributed by atoms with Crippen molar-refractivity contribution < 1.29 is 9.53 Å². The van der Waals surface area contributed by atoms with Crippen LogP contribution in [0.3, 0.4) is 0 Å². The van der Waals surface area contributed by atoms with Gasteiger partial charge in [0.05, 0.1) is 6.10 Å². The van der Waals surface area contributed by atoms with Crippen LogP contribution in [-0.2, 0) is 9.53 Å². The van der Waals surface area contributed by atoms with E-state index in [0.29, 0.717) is 12.2 Å². The summed E-state index contributed by atoms with van der Waals surface area (Å²) in [5.41, 5.74) is 0. The average Bonchev–Trinajstić information content (AvgIpc) is 2.06. The highest BCUT2D eigenvalue weighted by Gasteiger charge is 2.16. The van der Waals surface area contributed by atoms with Gasteiger partial charge < -0.3 is 4.74 Å². The largest absolute Gasteiger partial charge is 0.381 e. The maximum absolute atomic E-state index is 11.5. The van der Waals surface area contributed by atoms with E-state index < -0.39 is 0 Å². The molecule has 0 aliphatic heterocycles. The zero-order valence-electron chi connectivity index (χ0n) is 8.59. The van der Waals surface area contributed by atoms with Crippen LogP contribution in [0.1, 0.15) is 40.0 Å². The van der Waals surface area contributed by atoms with E-state index in [1.165, 1.54) is 0 Å². The van der Waals surface area contributed by atoms with Gasteiger partial charge in [-0.15, -0.1) is 0 Å². The highest BCUT2D eigenvalue weighted by atomic mass is 16.5. The molecule has 72 valence electrons. The molecule has 0 saturated carbocycles. The third-order valence-corrected chi connectivity index (χ3v) is 2.33. The van der Waals surface area contributed by atoms with E-state index in [1.807, 2.05) is 6.92 Å². The predicted molar refractivity (Wildman–Crippen MR) is 50.2 cm³/mol. The first-order valence-electron chi connectivity index (χ1n) is 4.71. The van der Waals surface area contributed by atoms with E-state index >= 15 is 0 Å². The maximum Gasteiger partial charge on any atom is 0.138 e. The van der Waals surface area contributed by atoms with Gasteiger partial charge in [0, 0.05) is 19.4 Å². The summed E-state index contributed by atoms with van der Waals surface area (Å²) >= 11 is 0. The summed E-state index contributed by atoms with van der Waals surface area (Å²) in [4.78, 5) is 11.5. The van der Waals surface area contributed by atoms with Crippen molar-refractivity contribution in [2.45, 2.75) is 46.1 Å². The number of carbonyl (C=O) groups excluding carboxylic acids is 1. The molecule has 0 heterocycles. The van der Waals surface area contributed by atoms with E-state index in [0.717, 1.165) is 12.8 Å². The van der Waals surface area contributed by atoms with Gasteiger partial charge in [0.2, 0.25) is 0 Å². The summed E-state index contributed by atoms with van der Waals surface area (Å²) in [5, 5.41) is 0. The number of methoxy groups -OCH3 is 1. The smallest absolute Gasteiger partial charge is 0.138 e. The van der Waals surface area contributed by atoms with Crippen molar-refractivity contribution in [3.63, 3.8) is 0 Å². The van der Waals surface area contributed by atoms with Crippen molar-refractivity contribution in [2.24, 2.45) is 5.92 Å². The molecule has 0 bridgehead atoms. The van der Waals surface area contributed by atoms with Crippen LogP contribution in [0.15, 0.2) is 0 Å². The Labute approximate surface area is 75.3 Å². The lowest BCUT2D eigenvalue weighted by Crippen LogP contribution is -2.19. The molecule has 0 aliphatic carbocycles. The van der Waals surface area contributed by atoms with Gasteiger partial charge in [-0.2, -0.15) is 0 Å². The Bertz CT molecular complexity index is 128. The van der Waals surface area contributed by atoms with E-state index in [1.54, 1.807) is 7.11 Å². The van der Waals surface area contributed by atoms with Gasteiger partial charge in [-0.1, -0.05) is 13.8 Å². The molecule has 0 saturated heterocycles. The lowest BCUT2D eigenvalue weighted by Gasteiger charge is -2.13. The lowest BCUT2D eigenvalue weighted by molar-refractivity contribution is -0.125. The van der Waals surface area contributed by atoms with Gasteiger partial charge in [0.1, 0.15) is 5.78 Å². The molecule has 12 heavy (non-hydrogen) atoms. The minimum Gasteiger partial charge on any atom is -0.381 e. The highest BCUT2D eigenvalue weighted by molar-refractivity contribution is 5.81. The Balaban J connectivity index is 3.84. The molecule has 0 aromatic carbocycles. The van der Waals surface area contributed by atoms with E-state index in [4.69, 9.17) is 4.74 Å². The average molecular weight is 172 g/mol. The molecular formula is C10H20O2. The topological polar surface area (TPSA) is 26.3 Å². The number of Topliss-reactive ketones (excluding diaryl/α,β-unsaturated/α-hetero) is 1. The number of hydrogen-bond acceptors (Lipinski definition) is 2. The van der Waals surface area contributed by atoms with Crippen LogP contribution in [-0.4, -0.2) is 19.0 Å². The first-order valence-corrected chi connectivity index (χ1v) is 4.71. The Kier molecular flexibility index (Phi) is 5.99. The molecule has 0 N–H and O–H groups in total. The molecule has 0 rings (SSSR count). The fourth-order valence-corrected chi connectivity index (χ4v) is 1.28. The number of rotatable bonds is 6. The molecule has 1 atom stereocenters. The summed E-state index contributed by atoms with van der Waals surface area (Å²) in [6.45, 7) is 6.05. The number of ether oxygens (including phenoxy) is 1. The molecule has 0 amide bonds. The fourth-order valence-electron chi connectivity index (χ4n) is 1.28. The second kappa shape index (κ2) is 6.18. The Morgan fingerprint density at radius 2 is 1.83 bits per heavy atom. The third-order valence-electron chi connectivity index (χ3n) is 2.33. The minimum absolute atomic E-state index is 0.0677. The molecular weight excluding hydrogens is 152 g/mol. The second-order valence-corrected chi connectivity index (χ2v) is 3.23. The molecule has 0 aromatic heterocycles. The van der Waals surface area contributed by atoms with E-state index in [-0.39, 0.29) is 12.0 Å². The standard InChI is InChI=1S/C10H20O2/c1-5-9(6-2)10(11)7-8(3)12-4/h8-9H,5-7H2,1-4H3. The van der Waals surface area contributed by atoms with Crippen molar-refractivity contribution in [1.29, 1.82) is 0 Å². The third kappa shape index (κ3) is 3.86. The second-order valence-electron chi connectivity index (χ2n) is 3.23. The highest BCUT2D eigenvalue weighted by Crippen LogP contribution is 2.12. The summed E-state index contributed by atoms with van der Waals surface area (Å²) in [6, 6.07) is 0. The minimum atomic E-state index is 0.0677. The molecule has 0 aromatic rings. The Hall–Kier alpha value is -0.370. The number of carbonyl (C=O) groups is 1. The first kappa shape index (κ1) is 11.6. The molecule has 2 nitrogen and oxygen atoms in total. The predicted octanol–water partition coefficient (Wildman–Crippen LogP) is 2.42. The lowest BCUT2D eigenvalue weighted by atomic mass is 9.95. The van der Waals surface area contributed by atoms with Crippen molar-refractivity contribution in [1.82, 2.24) is 0 Å². The SMILES string of the molecule is CCC(CC)C(=O)CC(C)OC. The quantitative estimate of drug-likeness (QED) is 0.615. The van der Waals surface area contributed by atoms with Gasteiger partial charge >= 0.3 is 0 Å². The normalized spacial score (nSPS) is 13.4. The summed E-state index contributed by atoms with van der Waals surface area (Å²) in [6.07, 6.45) is 2.53. The van der Waals surface area contributed by atoms with Crippen LogP contribution in [0.2, 0.25) is 0 Å². The van der Waals surface area contributed by atoms with Crippen LogP contribution in [0.4, 0.5) is 0 Å². The maximum atomic E-state index is 11.5. The zero-order chi connectivity index (χ0) is 9.56. The molecule has 2 heteroatoms. The Morgan fingerprint density at radius 1 is 1.33 bits per heavy atom.